The average Bonchev–Trinajstić information content (AvgIpc) is 3.11. The van der Waals surface area contributed by atoms with Gasteiger partial charge in [-0.05, 0) is 36.3 Å². The number of rotatable bonds is 6. The first-order valence-corrected chi connectivity index (χ1v) is 11.3. The van der Waals surface area contributed by atoms with E-state index in [4.69, 9.17) is 9.47 Å². The third-order valence-electron chi connectivity index (χ3n) is 5.11. The number of hydrogen-bond donors (Lipinski definition) is 0. The summed E-state index contributed by atoms with van der Waals surface area (Å²) in [6.45, 7) is 6.71. The van der Waals surface area contributed by atoms with Gasteiger partial charge in [0.25, 0.3) is 5.56 Å². The Labute approximate surface area is 199 Å². The fourth-order valence-electron chi connectivity index (χ4n) is 3.73. The van der Waals surface area contributed by atoms with Crippen molar-refractivity contribution in [3.05, 3.63) is 109 Å². The van der Waals surface area contributed by atoms with Crippen molar-refractivity contribution >= 4 is 29.4 Å². The van der Waals surface area contributed by atoms with Gasteiger partial charge in [-0.2, -0.15) is 0 Å². The van der Waals surface area contributed by atoms with E-state index in [1.165, 1.54) is 28.9 Å². The Balaban J connectivity index is 1.88. The third kappa shape index (κ3) is 4.67. The zero-order valence-corrected chi connectivity index (χ0v) is 19.5. The molecule has 2 heterocycles. The van der Waals surface area contributed by atoms with Crippen LogP contribution in [0.3, 0.4) is 0 Å². The second-order valence-corrected chi connectivity index (χ2v) is 8.55. The van der Waals surface area contributed by atoms with Crippen molar-refractivity contribution in [2.75, 3.05) is 6.61 Å². The highest BCUT2D eigenvalue weighted by atomic mass is 32.1. The van der Waals surface area contributed by atoms with Crippen LogP contribution in [0.15, 0.2) is 88.3 Å². The monoisotopic (exact) mass is 474 g/mol. The van der Waals surface area contributed by atoms with E-state index < -0.39 is 18.0 Å². The van der Waals surface area contributed by atoms with Crippen LogP contribution in [0.2, 0.25) is 0 Å². The van der Waals surface area contributed by atoms with Gasteiger partial charge in [-0.3, -0.25) is 14.2 Å². The number of nitrogens with zero attached hydrogens (tertiary/aromatic N) is 2. The molecule has 0 fully saturated rings. The van der Waals surface area contributed by atoms with Gasteiger partial charge >= 0.3 is 11.9 Å². The van der Waals surface area contributed by atoms with E-state index in [2.05, 4.69) is 11.6 Å². The van der Waals surface area contributed by atoms with Gasteiger partial charge in [-0.1, -0.05) is 66.5 Å². The van der Waals surface area contributed by atoms with Crippen LogP contribution in [0.25, 0.3) is 6.08 Å². The molecule has 1 aliphatic rings. The van der Waals surface area contributed by atoms with Crippen LogP contribution in [0, 0.1) is 0 Å². The van der Waals surface area contributed by atoms with Crippen LogP contribution in [-0.2, 0) is 14.3 Å². The summed E-state index contributed by atoms with van der Waals surface area (Å²) in [4.78, 5) is 42.8. The number of ether oxygens (including phenoxy) is 2. The Hall–Kier alpha value is -4.04. The number of carbonyl (C=O) groups is 2. The van der Waals surface area contributed by atoms with Gasteiger partial charge in [0, 0.05) is 6.92 Å². The summed E-state index contributed by atoms with van der Waals surface area (Å²) < 4.78 is 12.4. The van der Waals surface area contributed by atoms with E-state index in [-0.39, 0.29) is 12.2 Å². The Morgan fingerprint density at radius 2 is 1.94 bits per heavy atom. The molecule has 0 radical (unpaired) electrons. The molecule has 172 valence electrons. The molecule has 1 unspecified atom stereocenters. The lowest BCUT2D eigenvalue weighted by Crippen LogP contribution is -2.39. The first-order valence-electron chi connectivity index (χ1n) is 10.5. The van der Waals surface area contributed by atoms with Crippen molar-refractivity contribution in [1.82, 2.24) is 4.57 Å². The number of thiazole rings is 1. The van der Waals surface area contributed by atoms with Crippen molar-refractivity contribution in [3.63, 3.8) is 0 Å². The predicted octanol–water partition coefficient (Wildman–Crippen LogP) is 2.89. The molecule has 1 aromatic heterocycles. The lowest BCUT2D eigenvalue weighted by molar-refractivity contribution is -0.138. The second-order valence-electron chi connectivity index (χ2n) is 7.55. The molecule has 4 rings (SSSR count). The highest BCUT2D eigenvalue weighted by Crippen LogP contribution is 2.30. The molecule has 0 saturated heterocycles. The van der Waals surface area contributed by atoms with Crippen molar-refractivity contribution in [1.29, 1.82) is 0 Å². The maximum Gasteiger partial charge on any atom is 0.338 e. The number of fused-ring (bicyclic) bond motifs is 1. The van der Waals surface area contributed by atoms with Crippen molar-refractivity contribution in [3.8, 4) is 5.75 Å². The molecular weight excluding hydrogens is 452 g/mol. The SMILES string of the molecule is C=CCOC(=O)C1=C(C)N=c2sc(=Cc3cccc(OC(C)=O)c3)c(=O)n2C1c1ccccc1. The van der Waals surface area contributed by atoms with E-state index in [1.807, 2.05) is 36.4 Å². The number of hydrogen-bond acceptors (Lipinski definition) is 7. The molecule has 2 aromatic carbocycles. The molecule has 34 heavy (non-hydrogen) atoms. The van der Waals surface area contributed by atoms with Crippen LogP contribution in [-0.4, -0.2) is 23.1 Å². The van der Waals surface area contributed by atoms with Gasteiger partial charge in [-0.15, -0.1) is 0 Å². The molecule has 3 aromatic rings. The minimum atomic E-state index is -0.677. The molecule has 0 spiro atoms. The summed E-state index contributed by atoms with van der Waals surface area (Å²) in [5.41, 5.74) is 1.99. The third-order valence-corrected chi connectivity index (χ3v) is 6.09. The fraction of sp³-hybridized carbons (Fsp3) is 0.154. The summed E-state index contributed by atoms with van der Waals surface area (Å²) in [5.74, 6) is -0.580. The Morgan fingerprint density at radius 1 is 1.18 bits per heavy atom. The van der Waals surface area contributed by atoms with Gasteiger partial charge < -0.3 is 9.47 Å². The minimum Gasteiger partial charge on any atom is -0.458 e. The normalized spacial score (nSPS) is 15.4. The second kappa shape index (κ2) is 9.84. The van der Waals surface area contributed by atoms with Crippen LogP contribution >= 0.6 is 11.3 Å². The highest BCUT2D eigenvalue weighted by molar-refractivity contribution is 7.07. The topological polar surface area (TPSA) is 87.0 Å². The van der Waals surface area contributed by atoms with E-state index in [9.17, 15) is 14.4 Å². The number of benzene rings is 2. The van der Waals surface area contributed by atoms with Crippen LogP contribution in [0.1, 0.15) is 31.0 Å². The molecule has 1 aliphatic heterocycles. The Kier molecular flexibility index (Phi) is 6.70. The van der Waals surface area contributed by atoms with Crippen LogP contribution < -0.4 is 19.6 Å². The van der Waals surface area contributed by atoms with Gasteiger partial charge in [0.05, 0.1) is 21.8 Å². The van der Waals surface area contributed by atoms with E-state index in [0.29, 0.717) is 31.9 Å². The van der Waals surface area contributed by atoms with Crippen LogP contribution in [0.5, 0.6) is 5.75 Å². The molecule has 8 heteroatoms. The summed E-state index contributed by atoms with van der Waals surface area (Å²) in [6.07, 6.45) is 3.21. The lowest BCUT2D eigenvalue weighted by atomic mass is 9.96. The van der Waals surface area contributed by atoms with Gasteiger partial charge in [0.1, 0.15) is 12.4 Å². The molecule has 7 nitrogen and oxygen atoms in total. The summed E-state index contributed by atoms with van der Waals surface area (Å²) in [7, 11) is 0. The predicted molar refractivity (Wildman–Crippen MR) is 129 cm³/mol. The number of aromatic nitrogens is 1. The molecule has 0 aliphatic carbocycles. The number of carbonyl (C=O) groups excluding carboxylic acids is 2. The van der Waals surface area contributed by atoms with Gasteiger partial charge in [-0.25, -0.2) is 9.79 Å². The minimum absolute atomic E-state index is 0.0558. The van der Waals surface area contributed by atoms with E-state index in [0.717, 1.165) is 5.56 Å². The average molecular weight is 475 g/mol. The number of esters is 2. The van der Waals surface area contributed by atoms with Gasteiger partial charge in [0.2, 0.25) is 0 Å². The van der Waals surface area contributed by atoms with Crippen molar-refractivity contribution < 1.29 is 19.1 Å². The molecule has 1 atom stereocenters. The molecule has 0 amide bonds. The summed E-state index contributed by atoms with van der Waals surface area (Å²) in [5, 5.41) is 0. The van der Waals surface area contributed by atoms with E-state index in [1.54, 1.807) is 31.2 Å². The standard InChI is InChI=1S/C26H22N2O5S/c1-4-13-32-25(31)22-16(2)27-26-28(23(22)19-10-6-5-7-11-19)24(30)21(34-26)15-18-9-8-12-20(14-18)33-17(3)29/h4-12,14-15,23H,1,13H2,2-3H3. The molecular formula is C26H22N2O5S. The summed E-state index contributed by atoms with van der Waals surface area (Å²) in [6, 6.07) is 15.5. The maximum atomic E-state index is 13.6. The van der Waals surface area contributed by atoms with Gasteiger partial charge in [0.15, 0.2) is 4.80 Å². The summed E-state index contributed by atoms with van der Waals surface area (Å²) >= 11 is 1.23. The molecule has 0 bridgehead atoms. The highest BCUT2D eigenvalue weighted by Gasteiger charge is 2.33. The molecule has 0 saturated carbocycles. The van der Waals surface area contributed by atoms with Crippen molar-refractivity contribution in [2.24, 2.45) is 4.99 Å². The Bertz CT molecular complexity index is 1480. The first kappa shape index (κ1) is 23.1. The van der Waals surface area contributed by atoms with Crippen molar-refractivity contribution in [2.45, 2.75) is 19.9 Å². The quantitative estimate of drug-likeness (QED) is 0.312. The maximum absolute atomic E-state index is 13.6. The fourth-order valence-corrected chi connectivity index (χ4v) is 4.78. The largest absolute Gasteiger partial charge is 0.458 e. The zero-order valence-electron chi connectivity index (χ0n) is 18.7. The van der Waals surface area contributed by atoms with E-state index >= 15 is 0 Å². The zero-order chi connectivity index (χ0) is 24.2. The lowest BCUT2D eigenvalue weighted by Gasteiger charge is -2.24. The first-order chi connectivity index (χ1) is 16.4. The van der Waals surface area contributed by atoms with Crippen LogP contribution in [0.4, 0.5) is 0 Å². The smallest absolute Gasteiger partial charge is 0.338 e. The Morgan fingerprint density at radius 3 is 2.65 bits per heavy atom. The number of allylic oxidation sites excluding steroid dienone is 1. The molecule has 0 N–H and O–H groups in total.